The lowest BCUT2D eigenvalue weighted by atomic mass is 9.95. The molecule has 1 N–H and O–H groups in total. The molecule has 1 fully saturated rings. The van der Waals surface area contributed by atoms with Gasteiger partial charge in [-0.1, -0.05) is 13.3 Å². The van der Waals surface area contributed by atoms with E-state index in [0.717, 1.165) is 12.1 Å². The molecule has 0 unspecified atom stereocenters. The maximum Gasteiger partial charge on any atom is 0.234 e. The van der Waals surface area contributed by atoms with Crippen molar-refractivity contribution in [3.05, 3.63) is 11.4 Å². The summed E-state index contributed by atoms with van der Waals surface area (Å²) in [6.45, 7) is 2.05. The Morgan fingerprint density at radius 2 is 2.14 bits per heavy atom. The molecular formula is C10H17N3O. The van der Waals surface area contributed by atoms with Gasteiger partial charge in [0, 0.05) is 19.3 Å². The quantitative estimate of drug-likeness (QED) is 0.681. The molecule has 2 rings (SSSR count). The molecule has 78 valence electrons. The highest BCUT2D eigenvalue weighted by atomic mass is 16.5. The second kappa shape index (κ2) is 3.98. The molecule has 0 radical (unpaired) electrons. The number of aromatic nitrogens is 2. The summed E-state index contributed by atoms with van der Waals surface area (Å²) in [7, 11) is 0. The van der Waals surface area contributed by atoms with Crippen molar-refractivity contribution in [2.45, 2.75) is 51.5 Å². The summed E-state index contributed by atoms with van der Waals surface area (Å²) in [6, 6.07) is 0.474. The van der Waals surface area contributed by atoms with Gasteiger partial charge in [-0.25, -0.2) is 0 Å². The first kappa shape index (κ1) is 9.49. The summed E-state index contributed by atoms with van der Waals surface area (Å²) >= 11 is 0. The molecule has 4 heteroatoms. The van der Waals surface area contributed by atoms with E-state index in [1.165, 1.54) is 32.1 Å². The van der Waals surface area contributed by atoms with Gasteiger partial charge in [0.05, 0.1) is 0 Å². The Bertz CT molecular complexity index is 302. The van der Waals surface area contributed by atoms with E-state index in [-0.39, 0.29) is 5.88 Å². The lowest BCUT2D eigenvalue weighted by Crippen LogP contribution is -2.45. The predicted octanol–water partition coefficient (Wildman–Crippen LogP) is 2.71. The fourth-order valence-electron chi connectivity index (χ4n) is 2.23. The number of hydrogen-bond donors (Lipinski definition) is 0. The van der Waals surface area contributed by atoms with Crippen molar-refractivity contribution in [1.82, 2.24) is 5.27 Å². The summed E-state index contributed by atoms with van der Waals surface area (Å²) < 4.78 is 6.85. The number of hydrogen-bond acceptors (Lipinski definition) is 2. The topological polar surface area (TPSA) is 53.7 Å². The number of nitrogens with one attached hydrogen (secondary N) is 1. The zero-order valence-electron chi connectivity index (χ0n) is 8.62. The highest BCUT2D eigenvalue weighted by Crippen LogP contribution is 2.25. The third-order valence-electron chi connectivity index (χ3n) is 3.01. The van der Waals surface area contributed by atoms with Crippen LogP contribution >= 0.6 is 0 Å². The van der Waals surface area contributed by atoms with Crippen LogP contribution in [-0.2, 0) is 6.42 Å². The lowest BCUT2D eigenvalue weighted by Gasteiger charge is -2.14. The van der Waals surface area contributed by atoms with Gasteiger partial charge in [0.15, 0.2) is 11.3 Å². The Kier molecular flexibility index (Phi) is 2.70. The van der Waals surface area contributed by atoms with Gasteiger partial charge >= 0.3 is 0 Å². The molecule has 0 aliphatic heterocycles. The predicted molar refractivity (Wildman–Crippen MR) is 52.2 cm³/mol. The van der Waals surface area contributed by atoms with Crippen LogP contribution in [-0.4, -0.2) is 5.27 Å². The maximum atomic E-state index is 7.56. The molecule has 0 bridgehead atoms. The molecule has 0 spiro atoms. The van der Waals surface area contributed by atoms with E-state index in [2.05, 4.69) is 5.27 Å². The summed E-state index contributed by atoms with van der Waals surface area (Å²) in [5.41, 5.74) is 8.50. The van der Waals surface area contributed by atoms with Gasteiger partial charge in [-0.2, -0.15) is 0 Å². The second-order valence-electron chi connectivity index (χ2n) is 3.94. The van der Waals surface area contributed by atoms with Crippen LogP contribution in [0.5, 0.6) is 0 Å². The first-order valence-corrected chi connectivity index (χ1v) is 5.45. The van der Waals surface area contributed by atoms with E-state index in [1.54, 1.807) is 0 Å². The zero-order valence-corrected chi connectivity index (χ0v) is 8.62. The van der Waals surface area contributed by atoms with E-state index < -0.39 is 0 Å². The van der Waals surface area contributed by atoms with E-state index >= 15 is 0 Å². The van der Waals surface area contributed by atoms with Crippen LogP contribution < -0.4 is 4.68 Å². The van der Waals surface area contributed by atoms with Gasteiger partial charge in [0.1, 0.15) is 5.88 Å². The standard InChI is InChI=1S/C10H17N3O/c1-2-9-10(11)14-12-13(9)8-6-4-3-5-7-8/h8,11H,2-7H2,1H3. The van der Waals surface area contributed by atoms with Gasteiger partial charge in [-0.3, -0.25) is 0 Å². The minimum absolute atomic E-state index is 0.234. The largest absolute Gasteiger partial charge is 0.660 e. The summed E-state index contributed by atoms with van der Waals surface area (Å²) in [6.07, 6.45) is 7.10. The summed E-state index contributed by atoms with van der Waals surface area (Å²) in [5, 5.41) is 3.96. The van der Waals surface area contributed by atoms with Crippen LogP contribution in [0.15, 0.2) is 4.52 Å². The molecule has 1 aromatic rings. The highest BCUT2D eigenvalue weighted by Gasteiger charge is 2.28. The Hall–Kier alpha value is -1.06. The Labute approximate surface area is 84.0 Å². The van der Waals surface area contributed by atoms with Crippen LogP contribution in [0.3, 0.4) is 0 Å². The Morgan fingerprint density at radius 3 is 2.79 bits per heavy atom. The average molecular weight is 195 g/mol. The van der Waals surface area contributed by atoms with E-state index in [1.807, 2.05) is 11.6 Å². The maximum absolute atomic E-state index is 7.56. The van der Waals surface area contributed by atoms with E-state index in [0.29, 0.717) is 6.04 Å². The molecule has 1 saturated carbocycles. The van der Waals surface area contributed by atoms with Crippen LogP contribution in [0.2, 0.25) is 0 Å². The van der Waals surface area contributed by atoms with E-state index in [9.17, 15) is 0 Å². The van der Waals surface area contributed by atoms with Crippen molar-refractivity contribution in [2.24, 2.45) is 0 Å². The van der Waals surface area contributed by atoms with Crippen molar-refractivity contribution >= 4 is 5.88 Å². The van der Waals surface area contributed by atoms with Crippen LogP contribution in [0.4, 0.5) is 5.88 Å². The molecule has 1 aliphatic rings. The monoisotopic (exact) mass is 195 g/mol. The fraction of sp³-hybridized carbons (Fsp3) is 0.800. The van der Waals surface area contributed by atoms with Crippen molar-refractivity contribution < 1.29 is 9.20 Å². The zero-order chi connectivity index (χ0) is 9.97. The van der Waals surface area contributed by atoms with Crippen molar-refractivity contribution in [1.29, 1.82) is 0 Å². The molecule has 0 aromatic carbocycles. The smallest absolute Gasteiger partial charge is 0.234 e. The molecular weight excluding hydrogens is 178 g/mol. The normalized spacial score (nSPS) is 18.6. The van der Waals surface area contributed by atoms with Crippen molar-refractivity contribution in [2.75, 3.05) is 0 Å². The first-order chi connectivity index (χ1) is 6.83. The molecule has 1 heterocycles. The average Bonchev–Trinajstić information content (AvgIpc) is 2.61. The molecule has 0 atom stereocenters. The van der Waals surface area contributed by atoms with Crippen LogP contribution in [0, 0.1) is 0 Å². The van der Waals surface area contributed by atoms with Crippen molar-refractivity contribution in [3.8, 4) is 0 Å². The van der Waals surface area contributed by atoms with Gasteiger partial charge in [0.25, 0.3) is 0 Å². The van der Waals surface area contributed by atoms with Crippen molar-refractivity contribution in [3.63, 3.8) is 0 Å². The van der Waals surface area contributed by atoms with Gasteiger partial charge in [-0.05, 0) is 17.5 Å². The molecule has 0 saturated heterocycles. The van der Waals surface area contributed by atoms with Gasteiger partial charge in [0.2, 0.25) is 5.69 Å². The number of nitrogens with zero attached hydrogens (tertiary/aromatic N) is 2. The molecule has 1 aliphatic carbocycles. The molecule has 4 nitrogen and oxygen atoms in total. The lowest BCUT2D eigenvalue weighted by molar-refractivity contribution is -0.792. The highest BCUT2D eigenvalue weighted by molar-refractivity contribution is 5.30. The van der Waals surface area contributed by atoms with E-state index in [4.69, 9.17) is 10.3 Å². The third-order valence-corrected chi connectivity index (χ3v) is 3.01. The molecule has 14 heavy (non-hydrogen) atoms. The fourth-order valence-corrected chi connectivity index (χ4v) is 2.23. The molecule has 0 amide bonds. The third kappa shape index (κ3) is 1.61. The van der Waals surface area contributed by atoms with Gasteiger partial charge < -0.3 is 10.3 Å². The molecule has 1 aromatic heterocycles. The van der Waals surface area contributed by atoms with Crippen LogP contribution in [0.25, 0.3) is 5.73 Å². The summed E-state index contributed by atoms with van der Waals surface area (Å²) in [4.78, 5) is 0. The Morgan fingerprint density at radius 1 is 1.43 bits per heavy atom. The first-order valence-electron chi connectivity index (χ1n) is 5.45. The van der Waals surface area contributed by atoms with Gasteiger partial charge in [-0.15, -0.1) is 0 Å². The Balaban J connectivity index is 2.21. The summed E-state index contributed by atoms with van der Waals surface area (Å²) in [5.74, 6) is 0.234. The SMILES string of the molecule is CCc1c([NH-])on[n+]1C1CCCCC1. The van der Waals surface area contributed by atoms with Crippen LogP contribution in [0.1, 0.15) is 50.8 Å². The second-order valence-corrected chi connectivity index (χ2v) is 3.94. The minimum Gasteiger partial charge on any atom is -0.660 e. The number of rotatable bonds is 2. The minimum atomic E-state index is 0.234.